The average molecular weight is 457 g/mol. The summed E-state index contributed by atoms with van der Waals surface area (Å²) in [6.07, 6.45) is 0. The molecule has 0 spiro atoms. The molecular weight excluding hydrogens is 423 g/mol. The summed E-state index contributed by atoms with van der Waals surface area (Å²) >= 11 is 0. The van der Waals surface area contributed by atoms with Crippen LogP contribution in [0.25, 0.3) is 0 Å². The largest absolute Gasteiger partial charge is 0.493 e. The molecule has 0 unspecified atom stereocenters. The molecule has 2 N–H and O–H groups in total. The predicted octanol–water partition coefficient (Wildman–Crippen LogP) is 3.35. The third-order valence-electron chi connectivity index (χ3n) is 5.48. The molecule has 33 heavy (non-hydrogen) atoms. The normalized spacial score (nSPS) is 15.9. The Morgan fingerprint density at radius 1 is 1.15 bits per heavy atom. The topological polar surface area (TPSA) is 73.9 Å². The van der Waals surface area contributed by atoms with Crippen molar-refractivity contribution in [3.8, 4) is 5.75 Å². The van der Waals surface area contributed by atoms with E-state index >= 15 is 0 Å². The van der Waals surface area contributed by atoms with Crippen LogP contribution in [-0.2, 0) is 17.9 Å². The van der Waals surface area contributed by atoms with Gasteiger partial charge >= 0.3 is 6.03 Å². The summed E-state index contributed by atoms with van der Waals surface area (Å²) in [4.78, 5) is 28.4. The molecule has 3 amide bonds. The van der Waals surface area contributed by atoms with E-state index in [2.05, 4.69) is 24.5 Å². The highest BCUT2D eigenvalue weighted by molar-refractivity contribution is 5.75. The number of carbonyl (C=O) groups excluding carboxylic acids is 2. The number of halogens is 1. The lowest BCUT2D eigenvalue weighted by Crippen LogP contribution is -2.59. The Hall–Kier alpha value is -3.13. The quantitative estimate of drug-likeness (QED) is 0.639. The van der Waals surface area contributed by atoms with E-state index in [-0.39, 0.29) is 23.8 Å². The van der Waals surface area contributed by atoms with E-state index in [1.165, 1.54) is 19.1 Å². The fourth-order valence-electron chi connectivity index (χ4n) is 3.60. The van der Waals surface area contributed by atoms with Crippen LogP contribution in [0.4, 0.5) is 9.18 Å². The molecule has 0 saturated carbocycles. The van der Waals surface area contributed by atoms with E-state index in [0.29, 0.717) is 45.4 Å². The number of urea groups is 1. The Bertz CT molecular complexity index is 918. The van der Waals surface area contributed by atoms with Crippen molar-refractivity contribution in [2.75, 3.05) is 26.4 Å². The summed E-state index contributed by atoms with van der Waals surface area (Å²) in [6, 6.07) is 13.3. The molecule has 7 nitrogen and oxygen atoms in total. The molecule has 3 rings (SSSR count). The van der Waals surface area contributed by atoms with Crippen LogP contribution in [-0.4, -0.2) is 54.1 Å². The standard InChI is InChI=1S/C25H33FN4O3/c1-18(2)16-33-24-10-6-20(7-11-24)12-28-25(32)30(14-21-4-8-22(26)9-5-21)23-13-27-17-29(15-23)19(3)31/h4-11,18,23,27H,12-17H2,1-3H3,(H,28,32)/t23-/m0/s1. The zero-order chi connectivity index (χ0) is 23.8. The van der Waals surface area contributed by atoms with Gasteiger partial charge in [-0.2, -0.15) is 0 Å². The van der Waals surface area contributed by atoms with Crippen molar-refractivity contribution in [2.45, 2.75) is 39.9 Å². The Morgan fingerprint density at radius 3 is 2.45 bits per heavy atom. The maximum atomic E-state index is 13.3. The molecule has 1 aliphatic heterocycles. The minimum absolute atomic E-state index is 0.0471. The number of carbonyl (C=O) groups is 2. The second-order valence-corrected chi connectivity index (χ2v) is 8.77. The maximum absolute atomic E-state index is 13.3. The lowest BCUT2D eigenvalue weighted by Gasteiger charge is -2.39. The van der Waals surface area contributed by atoms with Gasteiger partial charge in [0.2, 0.25) is 5.91 Å². The van der Waals surface area contributed by atoms with Crippen LogP contribution in [0.5, 0.6) is 5.75 Å². The molecule has 0 bridgehead atoms. The first kappa shape index (κ1) is 24.5. The van der Waals surface area contributed by atoms with E-state index in [4.69, 9.17) is 4.74 Å². The van der Waals surface area contributed by atoms with Gasteiger partial charge < -0.3 is 19.9 Å². The fourth-order valence-corrected chi connectivity index (χ4v) is 3.60. The summed E-state index contributed by atoms with van der Waals surface area (Å²) in [5.74, 6) is 0.880. The number of benzene rings is 2. The van der Waals surface area contributed by atoms with Crippen molar-refractivity contribution >= 4 is 11.9 Å². The summed E-state index contributed by atoms with van der Waals surface area (Å²) in [5, 5.41) is 6.19. The van der Waals surface area contributed by atoms with Gasteiger partial charge in [0.1, 0.15) is 11.6 Å². The van der Waals surface area contributed by atoms with E-state index in [1.807, 2.05) is 24.3 Å². The van der Waals surface area contributed by atoms with Gasteiger partial charge in [-0.25, -0.2) is 9.18 Å². The molecule has 0 radical (unpaired) electrons. The van der Waals surface area contributed by atoms with E-state index in [0.717, 1.165) is 16.9 Å². The monoisotopic (exact) mass is 456 g/mol. The van der Waals surface area contributed by atoms with Crippen LogP contribution in [0, 0.1) is 11.7 Å². The van der Waals surface area contributed by atoms with Crippen LogP contribution >= 0.6 is 0 Å². The van der Waals surface area contributed by atoms with Crippen molar-refractivity contribution in [2.24, 2.45) is 5.92 Å². The van der Waals surface area contributed by atoms with Gasteiger partial charge in [-0.05, 0) is 41.3 Å². The fraction of sp³-hybridized carbons (Fsp3) is 0.440. The molecule has 1 atom stereocenters. The number of hydrogen-bond acceptors (Lipinski definition) is 4. The van der Waals surface area contributed by atoms with Crippen molar-refractivity contribution in [3.05, 3.63) is 65.5 Å². The number of nitrogens with zero attached hydrogens (tertiary/aromatic N) is 2. The summed E-state index contributed by atoms with van der Waals surface area (Å²) in [5.41, 5.74) is 1.77. The number of ether oxygens (including phenoxy) is 1. The second-order valence-electron chi connectivity index (χ2n) is 8.77. The highest BCUT2D eigenvalue weighted by Gasteiger charge is 2.29. The van der Waals surface area contributed by atoms with Crippen LogP contribution in [0.2, 0.25) is 0 Å². The van der Waals surface area contributed by atoms with E-state index in [9.17, 15) is 14.0 Å². The molecule has 1 saturated heterocycles. The average Bonchev–Trinajstić information content (AvgIpc) is 2.81. The molecule has 0 aromatic heterocycles. The van der Waals surface area contributed by atoms with Crippen LogP contribution in [0.1, 0.15) is 31.9 Å². The Labute approximate surface area is 194 Å². The van der Waals surface area contributed by atoms with Crippen LogP contribution in [0.3, 0.4) is 0 Å². The van der Waals surface area contributed by atoms with Crippen molar-refractivity contribution < 1.29 is 18.7 Å². The van der Waals surface area contributed by atoms with Crippen LogP contribution < -0.4 is 15.4 Å². The van der Waals surface area contributed by atoms with Crippen molar-refractivity contribution in [1.82, 2.24) is 20.4 Å². The second kappa shape index (κ2) is 11.7. The smallest absolute Gasteiger partial charge is 0.318 e. The molecule has 1 aliphatic rings. The molecule has 2 aromatic carbocycles. The predicted molar refractivity (Wildman–Crippen MR) is 125 cm³/mol. The summed E-state index contributed by atoms with van der Waals surface area (Å²) < 4.78 is 19.1. The van der Waals surface area contributed by atoms with E-state index < -0.39 is 0 Å². The van der Waals surface area contributed by atoms with Crippen molar-refractivity contribution in [3.63, 3.8) is 0 Å². The third-order valence-corrected chi connectivity index (χ3v) is 5.48. The van der Waals surface area contributed by atoms with Gasteiger partial charge in [0.05, 0.1) is 19.3 Å². The number of hydrogen-bond donors (Lipinski definition) is 2. The lowest BCUT2D eigenvalue weighted by atomic mass is 10.1. The number of nitrogens with one attached hydrogen (secondary N) is 2. The van der Waals surface area contributed by atoms with Crippen LogP contribution in [0.15, 0.2) is 48.5 Å². The first-order chi connectivity index (χ1) is 15.8. The van der Waals surface area contributed by atoms with Gasteiger partial charge in [-0.1, -0.05) is 38.1 Å². The Morgan fingerprint density at radius 2 is 1.82 bits per heavy atom. The minimum Gasteiger partial charge on any atom is -0.493 e. The third kappa shape index (κ3) is 7.46. The van der Waals surface area contributed by atoms with Gasteiger partial charge in [-0.3, -0.25) is 10.1 Å². The molecule has 1 heterocycles. The number of amides is 3. The molecule has 178 valence electrons. The highest BCUT2D eigenvalue weighted by atomic mass is 19.1. The summed E-state index contributed by atoms with van der Waals surface area (Å²) in [7, 11) is 0. The zero-order valence-corrected chi connectivity index (χ0v) is 19.5. The van der Waals surface area contributed by atoms with E-state index in [1.54, 1.807) is 21.9 Å². The minimum atomic E-state index is -0.322. The SMILES string of the molecule is CC(=O)N1CNC[C@H](N(Cc2ccc(F)cc2)C(=O)NCc2ccc(OCC(C)C)cc2)C1. The highest BCUT2D eigenvalue weighted by Crippen LogP contribution is 2.15. The first-order valence-electron chi connectivity index (χ1n) is 11.3. The first-order valence-corrected chi connectivity index (χ1v) is 11.3. The molecule has 1 fully saturated rings. The zero-order valence-electron chi connectivity index (χ0n) is 19.5. The maximum Gasteiger partial charge on any atom is 0.318 e. The number of rotatable bonds is 8. The molecular formula is C25H33FN4O3. The van der Waals surface area contributed by atoms with Gasteiger partial charge in [0.15, 0.2) is 0 Å². The Balaban J connectivity index is 1.66. The molecule has 8 heteroatoms. The van der Waals surface area contributed by atoms with Gasteiger partial charge in [0.25, 0.3) is 0 Å². The molecule has 2 aromatic rings. The molecule has 0 aliphatic carbocycles. The lowest BCUT2D eigenvalue weighted by molar-refractivity contribution is -0.131. The Kier molecular flexibility index (Phi) is 8.65. The van der Waals surface area contributed by atoms with Gasteiger partial charge in [-0.15, -0.1) is 0 Å². The van der Waals surface area contributed by atoms with Crippen molar-refractivity contribution in [1.29, 1.82) is 0 Å². The summed E-state index contributed by atoms with van der Waals surface area (Å²) in [6.45, 7) is 8.51. The van der Waals surface area contributed by atoms with Gasteiger partial charge in [0, 0.05) is 33.1 Å².